The molecule has 84 valence electrons. The van der Waals surface area contributed by atoms with Crippen LogP contribution in [0, 0.1) is 0 Å². The number of benzene rings is 1. The summed E-state index contributed by atoms with van der Waals surface area (Å²) in [7, 11) is 0. The fourth-order valence-electron chi connectivity index (χ4n) is 1.36. The highest BCUT2D eigenvalue weighted by Crippen LogP contribution is 2.10. The summed E-state index contributed by atoms with van der Waals surface area (Å²) in [5.41, 5.74) is 0.969. The standard InChI is InChI=1S/C11H12N2O3/c14-10-9(12-11(15)13-10)7-16-6-8-4-2-1-3-5-8/h1-5,14H,6-7H2,(H2,12,13,15). The van der Waals surface area contributed by atoms with Gasteiger partial charge in [0.1, 0.15) is 5.69 Å². The topological polar surface area (TPSA) is 78.1 Å². The van der Waals surface area contributed by atoms with E-state index in [4.69, 9.17) is 4.74 Å². The van der Waals surface area contributed by atoms with E-state index in [1.165, 1.54) is 0 Å². The summed E-state index contributed by atoms with van der Waals surface area (Å²) in [6.07, 6.45) is 0. The largest absolute Gasteiger partial charge is 0.493 e. The molecule has 0 saturated heterocycles. The predicted molar refractivity (Wildman–Crippen MR) is 58.0 cm³/mol. The second-order valence-corrected chi connectivity index (χ2v) is 3.38. The van der Waals surface area contributed by atoms with Crippen LogP contribution in [0.2, 0.25) is 0 Å². The second-order valence-electron chi connectivity index (χ2n) is 3.38. The van der Waals surface area contributed by atoms with Crippen molar-refractivity contribution in [3.63, 3.8) is 0 Å². The summed E-state index contributed by atoms with van der Waals surface area (Å²) in [5.74, 6) is -0.168. The fraction of sp³-hybridized carbons (Fsp3) is 0.182. The SMILES string of the molecule is O=c1[nH]c(O)c(COCc2ccccc2)[nH]1. The Balaban J connectivity index is 1.89. The monoisotopic (exact) mass is 220 g/mol. The molecule has 0 saturated carbocycles. The molecule has 0 fully saturated rings. The minimum absolute atomic E-state index is 0.166. The molecule has 2 rings (SSSR count). The van der Waals surface area contributed by atoms with Crippen LogP contribution in [0.5, 0.6) is 5.88 Å². The van der Waals surface area contributed by atoms with Gasteiger partial charge >= 0.3 is 5.69 Å². The van der Waals surface area contributed by atoms with Crippen molar-refractivity contribution < 1.29 is 9.84 Å². The molecule has 3 N–H and O–H groups in total. The molecular weight excluding hydrogens is 208 g/mol. The lowest BCUT2D eigenvalue weighted by molar-refractivity contribution is 0.103. The Bertz CT molecular complexity index is 501. The lowest BCUT2D eigenvalue weighted by Gasteiger charge is -2.02. The van der Waals surface area contributed by atoms with E-state index < -0.39 is 5.69 Å². The molecule has 0 radical (unpaired) electrons. The number of aromatic nitrogens is 2. The number of hydrogen-bond donors (Lipinski definition) is 3. The van der Waals surface area contributed by atoms with Gasteiger partial charge in [-0.25, -0.2) is 4.79 Å². The molecule has 2 aromatic rings. The van der Waals surface area contributed by atoms with Crippen molar-refractivity contribution in [2.45, 2.75) is 13.2 Å². The first kappa shape index (κ1) is 10.5. The molecule has 1 aromatic carbocycles. The summed E-state index contributed by atoms with van der Waals surface area (Å²) in [5, 5.41) is 9.26. The van der Waals surface area contributed by atoms with Crippen LogP contribution in [0.3, 0.4) is 0 Å². The zero-order valence-electron chi connectivity index (χ0n) is 8.56. The quantitative estimate of drug-likeness (QED) is 0.722. The van der Waals surface area contributed by atoms with Crippen LogP contribution in [-0.2, 0) is 18.0 Å². The number of rotatable bonds is 4. The first-order valence-corrected chi connectivity index (χ1v) is 4.87. The smallest absolute Gasteiger partial charge is 0.326 e. The lowest BCUT2D eigenvalue weighted by atomic mass is 10.2. The van der Waals surface area contributed by atoms with E-state index in [1.807, 2.05) is 30.3 Å². The molecule has 0 aliphatic carbocycles. The van der Waals surface area contributed by atoms with Gasteiger partial charge in [0.25, 0.3) is 0 Å². The van der Waals surface area contributed by atoms with Crippen molar-refractivity contribution in [3.8, 4) is 5.88 Å². The van der Waals surface area contributed by atoms with Gasteiger partial charge in [0, 0.05) is 0 Å². The number of aromatic amines is 2. The molecule has 1 aromatic heterocycles. The summed E-state index contributed by atoms with van der Waals surface area (Å²) in [6, 6.07) is 9.67. The summed E-state index contributed by atoms with van der Waals surface area (Å²) in [6.45, 7) is 0.604. The number of ether oxygens (including phenoxy) is 1. The van der Waals surface area contributed by atoms with Crippen LogP contribution >= 0.6 is 0 Å². The maximum Gasteiger partial charge on any atom is 0.326 e. The van der Waals surface area contributed by atoms with Crippen molar-refractivity contribution in [2.75, 3.05) is 0 Å². The highest BCUT2D eigenvalue weighted by molar-refractivity contribution is 5.15. The van der Waals surface area contributed by atoms with Gasteiger partial charge in [-0.15, -0.1) is 0 Å². The minimum atomic E-state index is -0.434. The maximum atomic E-state index is 10.8. The fourth-order valence-corrected chi connectivity index (χ4v) is 1.36. The Morgan fingerprint density at radius 2 is 1.88 bits per heavy atom. The van der Waals surface area contributed by atoms with Gasteiger partial charge in [-0.3, -0.25) is 4.98 Å². The Morgan fingerprint density at radius 1 is 1.12 bits per heavy atom. The number of hydrogen-bond acceptors (Lipinski definition) is 3. The normalized spacial score (nSPS) is 10.5. The molecular formula is C11H12N2O3. The summed E-state index contributed by atoms with van der Waals surface area (Å²) in [4.78, 5) is 15.5. The number of aromatic hydroxyl groups is 1. The van der Waals surface area contributed by atoms with E-state index >= 15 is 0 Å². The summed E-state index contributed by atoms with van der Waals surface area (Å²) >= 11 is 0. The molecule has 0 bridgehead atoms. The van der Waals surface area contributed by atoms with E-state index in [0.29, 0.717) is 12.3 Å². The lowest BCUT2D eigenvalue weighted by Crippen LogP contribution is -2.02. The average Bonchev–Trinajstić information content (AvgIpc) is 2.59. The van der Waals surface area contributed by atoms with Gasteiger partial charge < -0.3 is 14.8 Å². The van der Waals surface area contributed by atoms with E-state index in [0.717, 1.165) is 5.56 Å². The molecule has 1 heterocycles. The first-order chi connectivity index (χ1) is 7.75. The Hall–Kier alpha value is -2.01. The highest BCUT2D eigenvalue weighted by Gasteiger charge is 2.04. The molecule has 16 heavy (non-hydrogen) atoms. The highest BCUT2D eigenvalue weighted by atomic mass is 16.5. The Kier molecular flexibility index (Phi) is 3.07. The zero-order valence-corrected chi connectivity index (χ0v) is 8.56. The Morgan fingerprint density at radius 3 is 2.50 bits per heavy atom. The van der Waals surface area contributed by atoms with Crippen LogP contribution in [0.4, 0.5) is 0 Å². The van der Waals surface area contributed by atoms with E-state index in [-0.39, 0.29) is 12.5 Å². The van der Waals surface area contributed by atoms with Gasteiger partial charge in [-0.1, -0.05) is 30.3 Å². The van der Waals surface area contributed by atoms with E-state index in [1.54, 1.807) is 0 Å². The molecule has 0 aliphatic heterocycles. The van der Waals surface area contributed by atoms with Crippen molar-refractivity contribution in [1.82, 2.24) is 9.97 Å². The number of imidazole rings is 1. The van der Waals surface area contributed by atoms with Crippen LogP contribution in [0.25, 0.3) is 0 Å². The van der Waals surface area contributed by atoms with Gasteiger partial charge in [0.2, 0.25) is 5.88 Å². The third kappa shape index (κ3) is 2.52. The molecule has 5 heteroatoms. The second kappa shape index (κ2) is 4.67. The molecule has 5 nitrogen and oxygen atoms in total. The average molecular weight is 220 g/mol. The zero-order chi connectivity index (χ0) is 11.4. The van der Waals surface area contributed by atoms with E-state index in [2.05, 4.69) is 9.97 Å². The molecule has 0 unspecified atom stereocenters. The van der Waals surface area contributed by atoms with Crippen LogP contribution in [-0.4, -0.2) is 15.1 Å². The van der Waals surface area contributed by atoms with Crippen LogP contribution in [0.15, 0.2) is 35.1 Å². The van der Waals surface area contributed by atoms with Crippen LogP contribution in [0.1, 0.15) is 11.3 Å². The maximum absolute atomic E-state index is 10.8. The number of H-pyrrole nitrogens is 2. The van der Waals surface area contributed by atoms with Gasteiger partial charge in [-0.2, -0.15) is 0 Å². The third-order valence-corrected chi connectivity index (χ3v) is 2.14. The summed E-state index contributed by atoms with van der Waals surface area (Å²) < 4.78 is 5.35. The Labute approximate surface area is 91.7 Å². The van der Waals surface area contributed by atoms with Gasteiger partial charge in [0.15, 0.2) is 0 Å². The van der Waals surface area contributed by atoms with Gasteiger partial charge in [0.05, 0.1) is 13.2 Å². The van der Waals surface area contributed by atoms with Gasteiger partial charge in [-0.05, 0) is 5.56 Å². The van der Waals surface area contributed by atoms with Crippen LogP contribution < -0.4 is 5.69 Å². The first-order valence-electron chi connectivity index (χ1n) is 4.87. The number of nitrogens with one attached hydrogen (secondary N) is 2. The van der Waals surface area contributed by atoms with Crippen molar-refractivity contribution in [1.29, 1.82) is 0 Å². The molecule has 0 amide bonds. The van der Waals surface area contributed by atoms with Crippen molar-refractivity contribution in [2.24, 2.45) is 0 Å². The molecule has 0 atom stereocenters. The predicted octanol–water partition coefficient (Wildman–Crippen LogP) is 1.13. The van der Waals surface area contributed by atoms with E-state index in [9.17, 15) is 9.90 Å². The van der Waals surface area contributed by atoms with Crippen molar-refractivity contribution in [3.05, 3.63) is 52.1 Å². The molecule has 0 aliphatic rings. The van der Waals surface area contributed by atoms with Crippen molar-refractivity contribution >= 4 is 0 Å². The molecule has 0 spiro atoms. The third-order valence-electron chi connectivity index (χ3n) is 2.14. The minimum Gasteiger partial charge on any atom is -0.493 e.